The summed E-state index contributed by atoms with van der Waals surface area (Å²) in [5.41, 5.74) is 17.3. The zero-order valence-electron chi connectivity index (χ0n) is 36.1. The molecule has 0 bridgehead atoms. The molecule has 1 aromatic heterocycles. The van der Waals surface area contributed by atoms with Gasteiger partial charge in [-0.3, -0.25) is 0 Å². The van der Waals surface area contributed by atoms with Crippen LogP contribution in [0.3, 0.4) is 0 Å². The Balaban J connectivity index is 1.09. The van der Waals surface area contributed by atoms with E-state index >= 15 is 0 Å². The van der Waals surface area contributed by atoms with Crippen LogP contribution in [-0.2, 0) is 0 Å². The number of benzene rings is 11. The number of hydrogen-bond donors (Lipinski definition) is 0. The third-order valence-electron chi connectivity index (χ3n) is 12.7. The van der Waals surface area contributed by atoms with Gasteiger partial charge in [0.15, 0.2) is 5.58 Å². The van der Waals surface area contributed by atoms with E-state index in [0.29, 0.717) is 5.89 Å². The van der Waals surface area contributed by atoms with Crippen LogP contribution in [0.15, 0.2) is 259 Å². The highest BCUT2D eigenvalue weighted by molar-refractivity contribution is 6.07. The Hall–Kier alpha value is -8.79. The molecule has 1 heterocycles. The molecule has 0 radical (unpaired) electrons. The molecule has 0 amide bonds. The summed E-state index contributed by atoms with van der Waals surface area (Å²) in [5.74, 6) is 0.616. The van der Waals surface area contributed by atoms with Gasteiger partial charge in [-0.25, -0.2) is 4.98 Å². The summed E-state index contributed by atoms with van der Waals surface area (Å²) in [4.78, 5) is 7.52. The molecule has 0 aliphatic heterocycles. The van der Waals surface area contributed by atoms with Crippen molar-refractivity contribution in [2.45, 2.75) is 0 Å². The third kappa shape index (κ3) is 7.10. The molecule has 0 fully saturated rings. The lowest BCUT2D eigenvalue weighted by Gasteiger charge is -2.30. The molecule has 310 valence electrons. The van der Waals surface area contributed by atoms with Gasteiger partial charge in [0.1, 0.15) is 5.52 Å². The molecule has 0 spiro atoms. The summed E-state index contributed by atoms with van der Waals surface area (Å²) in [6, 6.07) is 91.1. The van der Waals surface area contributed by atoms with Gasteiger partial charge < -0.3 is 9.32 Å². The van der Waals surface area contributed by atoms with E-state index in [2.05, 4.69) is 223 Å². The van der Waals surface area contributed by atoms with Gasteiger partial charge in [-0.2, -0.15) is 0 Å². The van der Waals surface area contributed by atoms with E-state index in [1.54, 1.807) is 0 Å². The Kier molecular flexibility index (Phi) is 9.85. The maximum Gasteiger partial charge on any atom is 0.227 e. The molecular formula is C63H42N2O. The average Bonchev–Trinajstić information content (AvgIpc) is 3.85. The van der Waals surface area contributed by atoms with E-state index in [-0.39, 0.29) is 0 Å². The standard InChI is InChI=1S/C63H42N2O/c1-5-17-43(18-6-1)44-33-36-51(37-34-44)65(52-38-39-56(57(42-52)46-19-7-2-8-20-46)55-29-15-26-45-21-13-14-27-53(45)55)59-30-16-28-54(61(59)48-22-9-3-10-23-48)50-32-31-47-35-40-60-62(58(47)41-50)64-63(66-60)49-24-11-4-12-25-49/h1-42H. The van der Waals surface area contributed by atoms with Gasteiger partial charge in [-0.15, -0.1) is 0 Å². The second-order valence-electron chi connectivity index (χ2n) is 16.7. The molecule has 0 saturated heterocycles. The van der Waals surface area contributed by atoms with Crippen LogP contribution >= 0.6 is 0 Å². The van der Waals surface area contributed by atoms with Crippen molar-refractivity contribution < 1.29 is 4.42 Å². The quantitative estimate of drug-likeness (QED) is 0.145. The van der Waals surface area contributed by atoms with Crippen molar-refractivity contribution in [2.24, 2.45) is 0 Å². The number of nitrogens with zero attached hydrogens (tertiary/aromatic N) is 2. The van der Waals surface area contributed by atoms with Crippen LogP contribution in [0.1, 0.15) is 0 Å². The number of fused-ring (bicyclic) bond motifs is 4. The number of anilines is 3. The van der Waals surface area contributed by atoms with Crippen molar-refractivity contribution in [3.05, 3.63) is 255 Å². The summed E-state index contributed by atoms with van der Waals surface area (Å²) < 4.78 is 6.37. The van der Waals surface area contributed by atoms with Gasteiger partial charge in [0.25, 0.3) is 0 Å². The molecule has 66 heavy (non-hydrogen) atoms. The molecule has 3 heteroatoms. The van der Waals surface area contributed by atoms with E-state index in [1.807, 2.05) is 36.4 Å². The second-order valence-corrected chi connectivity index (χ2v) is 16.7. The Labute approximate surface area is 384 Å². The fraction of sp³-hybridized carbons (Fsp3) is 0. The van der Waals surface area contributed by atoms with E-state index < -0.39 is 0 Å². The summed E-state index contributed by atoms with van der Waals surface area (Å²) in [7, 11) is 0. The predicted octanol–water partition coefficient (Wildman–Crippen LogP) is 17.6. The molecule has 0 aliphatic rings. The molecule has 12 aromatic rings. The van der Waals surface area contributed by atoms with Gasteiger partial charge in [-0.05, 0) is 121 Å². The lowest BCUT2D eigenvalue weighted by atomic mass is 9.89. The molecular weight excluding hydrogens is 801 g/mol. The summed E-state index contributed by atoms with van der Waals surface area (Å²) in [6.45, 7) is 0. The fourth-order valence-corrected chi connectivity index (χ4v) is 9.54. The zero-order valence-corrected chi connectivity index (χ0v) is 36.1. The van der Waals surface area contributed by atoms with Crippen LogP contribution in [0.4, 0.5) is 17.1 Å². The maximum absolute atomic E-state index is 6.37. The summed E-state index contributed by atoms with van der Waals surface area (Å²) >= 11 is 0. The van der Waals surface area contributed by atoms with Crippen LogP contribution in [-0.4, -0.2) is 4.98 Å². The minimum Gasteiger partial charge on any atom is -0.436 e. The average molecular weight is 843 g/mol. The smallest absolute Gasteiger partial charge is 0.227 e. The minimum absolute atomic E-state index is 0.616. The van der Waals surface area contributed by atoms with Gasteiger partial charge >= 0.3 is 0 Å². The number of hydrogen-bond acceptors (Lipinski definition) is 3. The monoisotopic (exact) mass is 842 g/mol. The summed E-state index contributed by atoms with van der Waals surface area (Å²) in [5, 5.41) is 4.60. The Bertz CT molecular complexity index is 3670. The van der Waals surface area contributed by atoms with Crippen molar-refractivity contribution >= 4 is 49.7 Å². The number of oxazole rings is 1. The second kappa shape index (κ2) is 16.7. The number of aromatic nitrogens is 1. The van der Waals surface area contributed by atoms with E-state index in [0.717, 1.165) is 77.9 Å². The van der Waals surface area contributed by atoms with Crippen LogP contribution in [0.25, 0.3) is 99.7 Å². The molecule has 0 saturated carbocycles. The topological polar surface area (TPSA) is 29.3 Å². The lowest BCUT2D eigenvalue weighted by Crippen LogP contribution is -2.12. The normalized spacial score (nSPS) is 11.3. The van der Waals surface area contributed by atoms with Crippen LogP contribution in [0.5, 0.6) is 0 Å². The highest BCUT2D eigenvalue weighted by atomic mass is 16.3. The first kappa shape index (κ1) is 38.9. The van der Waals surface area contributed by atoms with Gasteiger partial charge in [-0.1, -0.05) is 200 Å². The molecule has 0 N–H and O–H groups in total. The molecule has 3 nitrogen and oxygen atoms in total. The predicted molar refractivity (Wildman–Crippen MR) is 276 cm³/mol. The largest absolute Gasteiger partial charge is 0.436 e. The van der Waals surface area contributed by atoms with E-state index in [4.69, 9.17) is 9.40 Å². The van der Waals surface area contributed by atoms with Crippen molar-refractivity contribution in [3.63, 3.8) is 0 Å². The highest BCUT2D eigenvalue weighted by Gasteiger charge is 2.23. The van der Waals surface area contributed by atoms with Crippen molar-refractivity contribution in [2.75, 3.05) is 4.90 Å². The first-order valence-corrected chi connectivity index (χ1v) is 22.4. The van der Waals surface area contributed by atoms with Gasteiger partial charge in [0, 0.05) is 27.9 Å². The molecule has 0 unspecified atom stereocenters. The Morgan fingerprint density at radius 2 is 0.879 bits per heavy atom. The van der Waals surface area contributed by atoms with E-state index in [9.17, 15) is 0 Å². The van der Waals surface area contributed by atoms with Crippen molar-refractivity contribution in [3.8, 4) is 67.1 Å². The molecule has 0 atom stereocenters. The number of rotatable bonds is 9. The Morgan fingerprint density at radius 3 is 1.64 bits per heavy atom. The van der Waals surface area contributed by atoms with Gasteiger partial charge in [0.2, 0.25) is 5.89 Å². The minimum atomic E-state index is 0.616. The lowest BCUT2D eigenvalue weighted by molar-refractivity contribution is 0.620. The molecule has 0 aliphatic carbocycles. The van der Waals surface area contributed by atoms with E-state index in [1.165, 1.54) is 33.0 Å². The van der Waals surface area contributed by atoms with Crippen LogP contribution < -0.4 is 4.90 Å². The summed E-state index contributed by atoms with van der Waals surface area (Å²) in [6.07, 6.45) is 0. The SMILES string of the molecule is c1ccc(-c2ccc(N(c3ccc(-c4cccc5ccccc45)c(-c4ccccc4)c3)c3cccc(-c4ccc5ccc6oc(-c7ccccc7)nc6c5c4)c3-c3ccccc3)cc2)cc1. The fourth-order valence-electron chi connectivity index (χ4n) is 9.54. The van der Waals surface area contributed by atoms with Crippen molar-refractivity contribution in [1.82, 2.24) is 4.98 Å². The molecule has 12 rings (SSSR count). The highest BCUT2D eigenvalue weighted by Crippen LogP contribution is 2.48. The first-order chi connectivity index (χ1) is 32.7. The van der Waals surface area contributed by atoms with Crippen molar-refractivity contribution in [1.29, 1.82) is 0 Å². The Morgan fingerprint density at radius 1 is 0.318 bits per heavy atom. The van der Waals surface area contributed by atoms with Gasteiger partial charge in [0.05, 0.1) is 5.69 Å². The first-order valence-electron chi connectivity index (χ1n) is 22.4. The maximum atomic E-state index is 6.37. The molecule has 11 aromatic carbocycles. The zero-order chi connectivity index (χ0) is 43.8. The third-order valence-corrected chi connectivity index (χ3v) is 12.7. The van der Waals surface area contributed by atoms with Crippen LogP contribution in [0.2, 0.25) is 0 Å². The van der Waals surface area contributed by atoms with Crippen LogP contribution in [0, 0.1) is 0 Å².